The van der Waals surface area contributed by atoms with Crippen LogP contribution in [0.25, 0.3) is 0 Å². The number of hydrogen-bond donors (Lipinski definition) is 1. The van der Waals surface area contributed by atoms with Crippen LogP contribution in [-0.4, -0.2) is 77.1 Å². The molecule has 0 saturated carbocycles. The number of β-amino-alcohol motifs (C(OH)–C–C–N with tert-alkyl or cyclic N) is 1. The summed E-state index contributed by atoms with van der Waals surface area (Å²) in [6, 6.07) is 0.311. The maximum atomic E-state index is 9.24. The first-order valence-electron chi connectivity index (χ1n) is 10.9. The molecule has 2 aliphatic heterocycles. The van der Waals surface area contributed by atoms with E-state index in [1.807, 2.05) is 40.1 Å². The van der Waals surface area contributed by atoms with Gasteiger partial charge in [-0.25, -0.2) is 9.97 Å². The van der Waals surface area contributed by atoms with Gasteiger partial charge >= 0.3 is 7.12 Å². The van der Waals surface area contributed by atoms with E-state index >= 15 is 0 Å². The van der Waals surface area contributed by atoms with Gasteiger partial charge in [-0.15, -0.1) is 0 Å². The summed E-state index contributed by atoms with van der Waals surface area (Å²) < 4.78 is 12.2. The van der Waals surface area contributed by atoms with E-state index in [1.54, 1.807) is 0 Å². The number of rotatable bonds is 7. The van der Waals surface area contributed by atoms with Crippen LogP contribution in [0.4, 0.5) is 5.95 Å². The van der Waals surface area contributed by atoms with E-state index in [0.29, 0.717) is 12.0 Å². The SMILES string of the molecule is CC(C)N(C[C@@H]1CCCN(CCO)C1)c1ncc(B2OC(C)(C)C(C)(C)O2)cn1. The molecule has 8 heteroatoms. The van der Waals surface area contributed by atoms with Crippen molar-refractivity contribution in [3.8, 4) is 0 Å². The maximum Gasteiger partial charge on any atom is 0.498 e. The Bertz CT molecular complexity index is 650. The third kappa shape index (κ3) is 5.10. The summed E-state index contributed by atoms with van der Waals surface area (Å²) in [5.74, 6) is 1.31. The van der Waals surface area contributed by atoms with E-state index in [1.165, 1.54) is 12.8 Å². The summed E-state index contributed by atoms with van der Waals surface area (Å²) in [5, 5.41) is 9.24. The number of anilines is 1. The molecule has 1 aromatic rings. The average Bonchev–Trinajstić information content (AvgIpc) is 2.88. The van der Waals surface area contributed by atoms with Gasteiger partial charge in [-0.2, -0.15) is 0 Å². The van der Waals surface area contributed by atoms with Crippen molar-refractivity contribution in [3.63, 3.8) is 0 Å². The quantitative estimate of drug-likeness (QED) is 0.694. The van der Waals surface area contributed by atoms with Crippen molar-refractivity contribution in [1.29, 1.82) is 0 Å². The van der Waals surface area contributed by atoms with Crippen LogP contribution in [-0.2, 0) is 9.31 Å². The normalized spacial score (nSPS) is 24.3. The minimum Gasteiger partial charge on any atom is -0.399 e. The van der Waals surface area contributed by atoms with E-state index in [0.717, 1.165) is 37.6 Å². The smallest absolute Gasteiger partial charge is 0.399 e. The largest absolute Gasteiger partial charge is 0.498 e. The van der Waals surface area contributed by atoms with E-state index in [4.69, 9.17) is 9.31 Å². The molecule has 162 valence electrons. The van der Waals surface area contributed by atoms with E-state index in [9.17, 15) is 5.11 Å². The number of hydrogen-bond acceptors (Lipinski definition) is 7. The molecule has 1 N–H and O–H groups in total. The van der Waals surface area contributed by atoms with Crippen LogP contribution in [0.15, 0.2) is 12.4 Å². The predicted molar refractivity (Wildman–Crippen MR) is 116 cm³/mol. The lowest BCUT2D eigenvalue weighted by atomic mass is 9.81. The van der Waals surface area contributed by atoms with Crippen LogP contribution < -0.4 is 10.4 Å². The Kier molecular flexibility index (Phi) is 6.88. The van der Waals surface area contributed by atoms with Gasteiger partial charge in [0.2, 0.25) is 5.95 Å². The molecule has 0 aliphatic carbocycles. The molecule has 0 bridgehead atoms. The van der Waals surface area contributed by atoms with Crippen molar-refractivity contribution in [1.82, 2.24) is 14.9 Å². The minimum atomic E-state index is -0.438. The Hall–Kier alpha value is -1.22. The van der Waals surface area contributed by atoms with Gasteiger partial charge in [-0.1, -0.05) is 0 Å². The second kappa shape index (κ2) is 8.88. The summed E-state index contributed by atoms with van der Waals surface area (Å²) in [5.41, 5.74) is 0.103. The Morgan fingerprint density at radius 1 is 1.21 bits per heavy atom. The maximum absolute atomic E-state index is 9.24. The van der Waals surface area contributed by atoms with Crippen molar-refractivity contribution in [2.45, 2.75) is 71.6 Å². The van der Waals surface area contributed by atoms with Gasteiger partial charge < -0.3 is 24.2 Å². The number of aliphatic hydroxyl groups excluding tert-OH is 1. The predicted octanol–water partition coefficient (Wildman–Crippen LogP) is 1.69. The molecule has 7 nitrogen and oxygen atoms in total. The molecule has 2 fully saturated rings. The van der Waals surface area contributed by atoms with Gasteiger partial charge in [-0.05, 0) is 66.8 Å². The molecule has 2 aliphatic rings. The fourth-order valence-corrected chi connectivity index (χ4v) is 4.03. The topological polar surface area (TPSA) is 71.0 Å². The third-order valence-electron chi connectivity index (χ3n) is 6.54. The molecular formula is C21H37BN4O3. The van der Waals surface area contributed by atoms with Crippen LogP contribution >= 0.6 is 0 Å². The number of likely N-dealkylation sites (tertiary alicyclic amines) is 1. The fourth-order valence-electron chi connectivity index (χ4n) is 4.03. The molecule has 1 aromatic heterocycles. The number of piperidine rings is 1. The number of nitrogens with zero attached hydrogens (tertiary/aromatic N) is 4. The first kappa shape index (κ1) is 22.5. The lowest BCUT2D eigenvalue weighted by molar-refractivity contribution is 0.00578. The van der Waals surface area contributed by atoms with Crippen molar-refractivity contribution in [2.75, 3.05) is 37.7 Å². The third-order valence-corrected chi connectivity index (χ3v) is 6.54. The lowest BCUT2D eigenvalue weighted by Gasteiger charge is -2.36. The average molecular weight is 404 g/mol. The van der Waals surface area contributed by atoms with Gasteiger partial charge in [0.15, 0.2) is 0 Å². The highest BCUT2D eigenvalue weighted by atomic mass is 16.7. The summed E-state index contributed by atoms with van der Waals surface area (Å²) >= 11 is 0. The monoisotopic (exact) mass is 404 g/mol. The van der Waals surface area contributed by atoms with E-state index in [-0.39, 0.29) is 17.8 Å². The highest BCUT2D eigenvalue weighted by Crippen LogP contribution is 2.36. The lowest BCUT2D eigenvalue weighted by Crippen LogP contribution is -2.44. The first-order valence-corrected chi connectivity index (χ1v) is 10.9. The molecule has 29 heavy (non-hydrogen) atoms. The van der Waals surface area contributed by atoms with Crippen molar-refractivity contribution < 1.29 is 14.4 Å². The molecule has 0 aromatic carbocycles. The summed E-state index contributed by atoms with van der Waals surface area (Å²) in [7, 11) is -0.438. The Balaban J connectivity index is 1.68. The zero-order chi connectivity index (χ0) is 21.2. The molecule has 2 saturated heterocycles. The van der Waals surface area contributed by atoms with E-state index in [2.05, 4.69) is 33.6 Å². The van der Waals surface area contributed by atoms with Gasteiger partial charge in [0.05, 0.1) is 17.8 Å². The molecule has 0 spiro atoms. The van der Waals surface area contributed by atoms with Crippen LogP contribution in [0.3, 0.4) is 0 Å². The van der Waals surface area contributed by atoms with Crippen LogP contribution in [0.2, 0.25) is 0 Å². The van der Waals surface area contributed by atoms with Gasteiger partial charge in [0.25, 0.3) is 0 Å². The molecule has 0 radical (unpaired) electrons. The molecule has 3 rings (SSSR count). The molecular weight excluding hydrogens is 367 g/mol. The van der Waals surface area contributed by atoms with Gasteiger partial charge in [0, 0.05) is 43.5 Å². The molecule has 0 unspecified atom stereocenters. The number of aliphatic hydroxyl groups is 1. The molecule has 1 atom stereocenters. The Labute approximate surface area is 175 Å². The van der Waals surface area contributed by atoms with Crippen molar-refractivity contribution in [3.05, 3.63) is 12.4 Å². The fraction of sp³-hybridized carbons (Fsp3) is 0.810. The standard InChI is InChI=1S/C21H37BN4O3/c1-16(2)26(15-17-8-7-9-25(14-17)10-11-27)19-23-12-18(13-24-19)22-28-20(3,4)21(5,6)29-22/h12-13,16-17,27H,7-11,14-15H2,1-6H3/t17-/m1/s1. The molecule has 3 heterocycles. The minimum absolute atomic E-state index is 0.226. The Morgan fingerprint density at radius 2 is 1.83 bits per heavy atom. The highest BCUT2D eigenvalue weighted by Gasteiger charge is 2.52. The Morgan fingerprint density at radius 3 is 2.38 bits per heavy atom. The zero-order valence-corrected chi connectivity index (χ0v) is 18.9. The second-order valence-electron chi connectivity index (χ2n) is 9.68. The van der Waals surface area contributed by atoms with E-state index < -0.39 is 7.12 Å². The van der Waals surface area contributed by atoms with Crippen LogP contribution in [0.1, 0.15) is 54.4 Å². The van der Waals surface area contributed by atoms with Gasteiger partial charge in [0.1, 0.15) is 0 Å². The van der Waals surface area contributed by atoms with Gasteiger partial charge in [-0.3, -0.25) is 0 Å². The highest BCUT2D eigenvalue weighted by molar-refractivity contribution is 6.61. The summed E-state index contributed by atoms with van der Waals surface area (Å²) in [6.07, 6.45) is 6.05. The number of aromatic nitrogens is 2. The summed E-state index contributed by atoms with van der Waals surface area (Å²) in [4.78, 5) is 14.0. The van der Waals surface area contributed by atoms with Crippen LogP contribution in [0, 0.1) is 5.92 Å². The first-order chi connectivity index (χ1) is 13.6. The summed E-state index contributed by atoms with van der Waals surface area (Å²) in [6.45, 7) is 16.6. The molecule has 0 amide bonds. The second-order valence-corrected chi connectivity index (χ2v) is 9.68. The zero-order valence-electron chi connectivity index (χ0n) is 18.9. The van der Waals surface area contributed by atoms with Crippen molar-refractivity contribution in [2.24, 2.45) is 5.92 Å². The van der Waals surface area contributed by atoms with Crippen LogP contribution in [0.5, 0.6) is 0 Å². The van der Waals surface area contributed by atoms with Crippen molar-refractivity contribution >= 4 is 18.5 Å².